The van der Waals surface area contributed by atoms with Crippen LogP contribution in [-0.4, -0.2) is 60.6 Å². The third-order valence-electron chi connectivity index (χ3n) is 4.77. The predicted molar refractivity (Wildman–Crippen MR) is 120 cm³/mol. The van der Waals surface area contributed by atoms with Gasteiger partial charge in [0.15, 0.2) is 0 Å². The van der Waals surface area contributed by atoms with Crippen molar-refractivity contribution in [1.82, 2.24) is 15.5 Å². The minimum Gasteiger partial charge on any atom is -0.468 e. The summed E-state index contributed by atoms with van der Waals surface area (Å²) in [5, 5.41) is 5.04. The number of aryl methyl sites for hydroxylation is 2. The van der Waals surface area contributed by atoms with Crippen molar-refractivity contribution in [2.75, 3.05) is 20.2 Å². The summed E-state index contributed by atoms with van der Waals surface area (Å²) in [7, 11) is 1.22. The van der Waals surface area contributed by atoms with Gasteiger partial charge in [0.25, 0.3) is 0 Å². The molecule has 0 aliphatic carbocycles. The zero-order chi connectivity index (χ0) is 24.6. The minimum atomic E-state index is -1.00. The molecular formula is C23H35N3O6. The normalized spacial score (nSPS) is 12.9. The Kier molecular flexibility index (Phi) is 9.68. The van der Waals surface area contributed by atoms with Crippen LogP contribution in [0, 0.1) is 13.8 Å². The Morgan fingerprint density at radius 2 is 1.72 bits per heavy atom. The van der Waals surface area contributed by atoms with E-state index in [1.165, 1.54) is 18.9 Å². The van der Waals surface area contributed by atoms with Crippen LogP contribution in [0.3, 0.4) is 0 Å². The van der Waals surface area contributed by atoms with Gasteiger partial charge < -0.3 is 25.0 Å². The zero-order valence-electron chi connectivity index (χ0n) is 20.2. The highest BCUT2D eigenvalue weighted by Crippen LogP contribution is 2.24. The molecule has 0 spiro atoms. The summed E-state index contributed by atoms with van der Waals surface area (Å²) in [6.45, 7) is 12.2. The number of amides is 3. The fourth-order valence-corrected chi connectivity index (χ4v) is 3.00. The molecule has 1 rings (SSSR count). The molecule has 0 aromatic heterocycles. The second kappa shape index (κ2) is 11.5. The number of benzene rings is 1. The van der Waals surface area contributed by atoms with Gasteiger partial charge in [-0.1, -0.05) is 18.2 Å². The first-order valence-electron chi connectivity index (χ1n) is 10.5. The van der Waals surface area contributed by atoms with Gasteiger partial charge >= 0.3 is 12.1 Å². The fraction of sp³-hybridized carbons (Fsp3) is 0.565. The molecule has 1 aromatic rings. The number of carbonyl (C=O) groups is 4. The summed E-state index contributed by atoms with van der Waals surface area (Å²) in [6, 6.07) is 3.53. The van der Waals surface area contributed by atoms with Crippen LogP contribution in [0.4, 0.5) is 4.79 Å². The lowest BCUT2D eigenvalue weighted by atomic mass is 9.98. The molecule has 3 amide bonds. The zero-order valence-corrected chi connectivity index (χ0v) is 20.2. The predicted octanol–water partition coefficient (Wildman–Crippen LogP) is 2.40. The van der Waals surface area contributed by atoms with Crippen LogP contribution < -0.4 is 10.6 Å². The maximum absolute atomic E-state index is 13.2. The van der Waals surface area contributed by atoms with Crippen molar-refractivity contribution in [2.24, 2.45) is 0 Å². The van der Waals surface area contributed by atoms with Gasteiger partial charge in [-0.05, 0) is 65.2 Å². The van der Waals surface area contributed by atoms with Crippen LogP contribution in [0.15, 0.2) is 18.2 Å². The maximum Gasteiger partial charge on any atom is 0.408 e. The minimum absolute atomic E-state index is 0.197. The number of likely N-dealkylation sites (N-methyl/N-ethyl adjacent to an activating group) is 1. The molecule has 0 aliphatic rings. The van der Waals surface area contributed by atoms with Crippen molar-refractivity contribution >= 4 is 23.9 Å². The Morgan fingerprint density at radius 1 is 1.09 bits per heavy atom. The third kappa shape index (κ3) is 7.86. The van der Waals surface area contributed by atoms with E-state index in [0.717, 1.165) is 11.1 Å². The van der Waals surface area contributed by atoms with Crippen LogP contribution in [-0.2, 0) is 23.9 Å². The average Bonchev–Trinajstić information content (AvgIpc) is 2.69. The molecular weight excluding hydrogens is 414 g/mol. The van der Waals surface area contributed by atoms with Gasteiger partial charge in [-0.25, -0.2) is 4.79 Å². The Bertz CT molecular complexity index is 847. The molecule has 9 heteroatoms. The summed E-state index contributed by atoms with van der Waals surface area (Å²) < 4.78 is 9.80. The van der Waals surface area contributed by atoms with Crippen LogP contribution >= 0.6 is 0 Å². The first-order valence-corrected chi connectivity index (χ1v) is 10.5. The molecule has 0 saturated carbocycles. The summed E-state index contributed by atoms with van der Waals surface area (Å²) in [5.74, 6) is -1.60. The molecule has 0 aliphatic heterocycles. The number of nitrogens with one attached hydrogen (secondary N) is 2. The SMILES string of the molecule is CCN(C(=O)C(C)NC(=O)OC(C)(C)C)C(C(=O)NCC(=O)OC)c1ccc(C)c(C)c1. The fourth-order valence-electron chi connectivity index (χ4n) is 3.00. The molecule has 2 atom stereocenters. The number of ether oxygens (including phenoxy) is 2. The number of nitrogens with zero attached hydrogens (tertiary/aromatic N) is 1. The summed E-state index contributed by atoms with van der Waals surface area (Å²) >= 11 is 0. The first kappa shape index (κ1) is 26.9. The van der Waals surface area contributed by atoms with Crippen molar-refractivity contribution in [3.05, 3.63) is 34.9 Å². The summed E-state index contributed by atoms with van der Waals surface area (Å²) in [5.41, 5.74) is 1.87. The van der Waals surface area contributed by atoms with E-state index >= 15 is 0 Å². The van der Waals surface area contributed by atoms with Gasteiger partial charge in [-0.15, -0.1) is 0 Å². The summed E-state index contributed by atoms with van der Waals surface area (Å²) in [4.78, 5) is 51.3. The lowest BCUT2D eigenvalue weighted by Gasteiger charge is -2.33. The first-order chi connectivity index (χ1) is 14.8. The van der Waals surface area contributed by atoms with Crippen molar-refractivity contribution in [1.29, 1.82) is 0 Å². The second-order valence-electron chi connectivity index (χ2n) is 8.53. The highest BCUT2D eigenvalue weighted by molar-refractivity contribution is 5.93. The summed E-state index contributed by atoms with van der Waals surface area (Å²) in [6.07, 6.45) is -0.729. The van der Waals surface area contributed by atoms with Crippen LogP contribution in [0.2, 0.25) is 0 Å². The Labute approximate surface area is 189 Å². The van der Waals surface area contributed by atoms with E-state index in [1.54, 1.807) is 33.8 Å². The molecule has 2 unspecified atom stereocenters. The van der Waals surface area contributed by atoms with Crippen LogP contribution in [0.5, 0.6) is 0 Å². The molecule has 9 nitrogen and oxygen atoms in total. The molecule has 1 aromatic carbocycles. The van der Waals surface area contributed by atoms with Crippen molar-refractivity contribution < 1.29 is 28.7 Å². The van der Waals surface area contributed by atoms with E-state index in [9.17, 15) is 19.2 Å². The molecule has 0 bridgehead atoms. The Balaban J connectivity index is 3.21. The van der Waals surface area contributed by atoms with E-state index in [4.69, 9.17) is 4.74 Å². The largest absolute Gasteiger partial charge is 0.468 e. The third-order valence-corrected chi connectivity index (χ3v) is 4.77. The number of alkyl carbamates (subject to hydrolysis) is 1. The van der Waals surface area contributed by atoms with Gasteiger partial charge in [-0.2, -0.15) is 0 Å². The van der Waals surface area contributed by atoms with E-state index in [1.807, 2.05) is 26.0 Å². The van der Waals surface area contributed by atoms with E-state index in [2.05, 4.69) is 15.4 Å². The van der Waals surface area contributed by atoms with Crippen molar-refractivity contribution in [3.63, 3.8) is 0 Å². The van der Waals surface area contributed by atoms with Crippen LogP contribution in [0.25, 0.3) is 0 Å². The van der Waals surface area contributed by atoms with E-state index < -0.39 is 41.6 Å². The highest BCUT2D eigenvalue weighted by atomic mass is 16.6. The lowest BCUT2D eigenvalue weighted by molar-refractivity contribution is -0.144. The smallest absolute Gasteiger partial charge is 0.408 e. The number of rotatable bonds is 8. The molecule has 0 fully saturated rings. The molecule has 178 valence electrons. The van der Waals surface area contributed by atoms with Gasteiger partial charge in [0.05, 0.1) is 7.11 Å². The van der Waals surface area contributed by atoms with Gasteiger partial charge in [0, 0.05) is 6.54 Å². The van der Waals surface area contributed by atoms with Crippen molar-refractivity contribution in [2.45, 2.75) is 66.2 Å². The van der Waals surface area contributed by atoms with Gasteiger partial charge in [0.1, 0.15) is 24.2 Å². The maximum atomic E-state index is 13.2. The second-order valence-corrected chi connectivity index (χ2v) is 8.53. The monoisotopic (exact) mass is 449 g/mol. The number of carbonyl (C=O) groups excluding carboxylic acids is 4. The Hall–Kier alpha value is -3.10. The highest BCUT2D eigenvalue weighted by Gasteiger charge is 2.34. The van der Waals surface area contributed by atoms with Gasteiger partial charge in [-0.3, -0.25) is 14.4 Å². The standard InChI is InChI=1S/C23H35N3O6/c1-9-26(21(29)16(4)25-22(30)32-23(5,6)7)19(20(28)24-13-18(27)31-8)17-11-10-14(2)15(3)12-17/h10-12,16,19H,9,13H2,1-8H3,(H,24,28)(H,25,30). The number of hydrogen-bond donors (Lipinski definition) is 2. The molecule has 0 radical (unpaired) electrons. The van der Waals surface area contributed by atoms with Gasteiger partial charge in [0.2, 0.25) is 11.8 Å². The lowest BCUT2D eigenvalue weighted by Crippen LogP contribution is -2.52. The molecule has 2 N–H and O–H groups in total. The Morgan fingerprint density at radius 3 is 2.22 bits per heavy atom. The average molecular weight is 450 g/mol. The quantitative estimate of drug-likeness (QED) is 0.589. The number of hydrogen-bond acceptors (Lipinski definition) is 6. The molecule has 32 heavy (non-hydrogen) atoms. The van der Waals surface area contributed by atoms with E-state index in [-0.39, 0.29) is 13.1 Å². The number of methoxy groups -OCH3 is 1. The topological polar surface area (TPSA) is 114 Å². The van der Waals surface area contributed by atoms with E-state index in [0.29, 0.717) is 5.56 Å². The molecule has 0 heterocycles. The number of esters is 1. The van der Waals surface area contributed by atoms with Crippen LogP contribution in [0.1, 0.15) is 57.4 Å². The van der Waals surface area contributed by atoms with Crippen molar-refractivity contribution in [3.8, 4) is 0 Å². The molecule has 0 saturated heterocycles.